The summed E-state index contributed by atoms with van der Waals surface area (Å²) in [5.74, 6) is 0.974. The lowest BCUT2D eigenvalue weighted by atomic mass is 10.0. The Morgan fingerprint density at radius 1 is 1.23 bits per heavy atom. The SMILES string of the molecule is COc1ccc(S(=O)(=O)N2CCC[C@@H]2C(=O)N[C@@H](C)CCC(C)C)cc1. The molecule has 0 spiro atoms. The maximum Gasteiger partial charge on any atom is 0.243 e. The van der Waals surface area contributed by atoms with Gasteiger partial charge in [0.2, 0.25) is 15.9 Å². The van der Waals surface area contributed by atoms with Crippen molar-refractivity contribution in [3.05, 3.63) is 24.3 Å². The normalized spacial score (nSPS) is 19.5. The highest BCUT2D eigenvalue weighted by Gasteiger charge is 2.39. The third kappa shape index (κ3) is 4.98. The summed E-state index contributed by atoms with van der Waals surface area (Å²) in [4.78, 5) is 12.8. The molecule has 1 aromatic carbocycles. The monoisotopic (exact) mass is 382 g/mol. The highest BCUT2D eigenvalue weighted by molar-refractivity contribution is 7.89. The number of carbonyl (C=O) groups excluding carboxylic acids is 1. The summed E-state index contributed by atoms with van der Waals surface area (Å²) in [7, 11) is -2.17. The Labute approximate surface area is 157 Å². The molecule has 6 nitrogen and oxygen atoms in total. The molecule has 1 aliphatic rings. The number of rotatable bonds is 8. The molecular formula is C19H30N2O4S. The number of sulfonamides is 1. The van der Waals surface area contributed by atoms with Crippen LogP contribution in [0.25, 0.3) is 0 Å². The van der Waals surface area contributed by atoms with Gasteiger partial charge in [-0.05, 0) is 62.8 Å². The first-order valence-electron chi connectivity index (χ1n) is 9.22. The van der Waals surface area contributed by atoms with Crippen molar-refractivity contribution in [2.24, 2.45) is 5.92 Å². The van der Waals surface area contributed by atoms with E-state index in [0.29, 0.717) is 31.1 Å². The average Bonchev–Trinajstić information content (AvgIpc) is 3.10. The number of methoxy groups -OCH3 is 1. The van der Waals surface area contributed by atoms with Gasteiger partial charge >= 0.3 is 0 Å². The van der Waals surface area contributed by atoms with E-state index in [1.807, 2.05) is 6.92 Å². The van der Waals surface area contributed by atoms with Crippen LogP contribution in [0, 0.1) is 5.92 Å². The summed E-state index contributed by atoms with van der Waals surface area (Å²) in [6.45, 7) is 6.63. The Bertz CT molecular complexity index is 701. The van der Waals surface area contributed by atoms with Crippen molar-refractivity contribution in [3.8, 4) is 5.75 Å². The van der Waals surface area contributed by atoms with E-state index < -0.39 is 16.1 Å². The predicted molar refractivity (Wildman–Crippen MR) is 102 cm³/mol. The minimum absolute atomic E-state index is 0.0380. The highest BCUT2D eigenvalue weighted by Crippen LogP contribution is 2.27. The summed E-state index contributed by atoms with van der Waals surface area (Å²) >= 11 is 0. The first-order chi connectivity index (χ1) is 12.3. The van der Waals surface area contributed by atoms with Gasteiger partial charge in [0.15, 0.2) is 0 Å². The molecule has 0 aliphatic carbocycles. The second kappa shape index (κ2) is 8.86. The number of hydrogen-bond acceptors (Lipinski definition) is 4. The Morgan fingerprint density at radius 2 is 1.88 bits per heavy atom. The number of carbonyl (C=O) groups is 1. The van der Waals surface area contributed by atoms with E-state index >= 15 is 0 Å². The van der Waals surface area contributed by atoms with Crippen LogP contribution in [0.5, 0.6) is 5.75 Å². The minimum Gasteiger partial charge on any atom is -0.497 e. The van der Waals surface area contributed by atoms with Crippen molar-refractivity contribution in [1.82, 2.24) is 9.62 Å². The lowest BCUT2D eigenvalue weighted by Crippen LogP contribution is -2.48. The largest absolute Gasteiger partial charge is 0.497 e. The highest BCUT2D eigenvalue weighted by atomic mass is 32.2. The molecule has 1 aliphatic heterocycles. The molecule has 146 valence electrons. The van der Waals surface area contributed by atoms with Crippen LogP contribution in [0.2, 0.25) is 0 Å². The third-order valence-electron chi connectivity index (χ3n) is 4.74. The van der Waals surface area contributed by atoms with Crippen LogP contribution in [0.3, 0.4) is 0 Å². The lowest BCUT2D eigenvalue weighted by Gasteiger charge is -2.25. The third-order valence-corrected chi connectivity index (χ3v) is 6.66. The van der Waals surface area contributed by atoms with E-state index in [1.165, 1.54) is 23.5 Å². The average molecular weight is 383 g/mol. The Hall–Kier alpha value is -1.60. The molecule has 0 bridgehead atoms. The van der Waals surface area contributed by atoms with Crippen molar-refractivity contribution in [2.75, 3.05) is 13.7 Å². The van der Waals surface area contributed by atoms with E-state index in [-0.39, 0.29) is 16.8 Å². The second-order valence-corrected chi connectivity index (χ2v) is 9.22. The van der Waals surface area contributed by atoms with Gasteiger partial charge in [-0.1, -0.05) is 13.8 Å². The molecule has 0 radical (unpaired) electrons. The number of benzene rings is 1. The molecule has 0 aromatic heterocycles. The van der Waals surface area contributed by atoms with Gasteiger partial charge < -0.3 is 10.1 Å². The van der Waals surface area contributed by atoms with Crippen LogP contribution >= 0.6 is 0 Å². The van der Waals surface area contributed by atoms with Gasteiger partial charge in [-0.3, -0.25) is 4.79 Å². The van der Waals surface area contributed by atoms with Crippen LogP contribution in [-0.4, -0.2) is 44.4 Å². The number of hydrogen-bond donors (Lipinski definition) is 1. The maximum absolute atomic E-state index is 13.0. The summed E-state index contributed by atoms with van der Waals surface area (Å²) < 4.78 is 32.3. The van der Waals surface area contributed by atoms with E-state index in [4.69, 9.17) is 4.74 Å². The molecule has 26 heavy (non-hydrogen) atoms. The molecular weight excluding hydrogens is 352 g/mol. The lowest BCUT2D eigenvalue weighted by molar-refractivity contribution is -0.124. The van der Waals surface area contributed by atoms with Crippen molar-refractivity contribution in [2.45, 2.75) is 63.4 Å². The Kier molecular flexibility index (Phi) is 7.06. The van der Waals surface area contributed by atoms with Crippen LogP contribution in [-0.2, 0) is 14.8 Å². The summed E-state index contributed by atoms with van der Waals surface area (Å²) in [6.07, 6.45) is 3.16. The van der Waals surface area contributed by atoms with E-state index in [2.05, 4.69) is 19.2 Å². The zero-order valence-corrected chi connectivity index (χ0v) is 16.9. The van der Waals surface area contributed by atoms with E-state index in [1.54, 1.807) is 12.1 Å². The number of nitrogens with zero attached hydrogens (tertiary/aromatic N) is 1. The van der Waals surface area contributed by atoms with E-state index in [0.717, 1.165) is 12.8 Å². The minimum atomic E-state index is -3.70. The number of ether oxygens (including phenoxy) is 1. The molecule has 0 unspecified atom stereocenters. The van der Waals surface area contributed by atoms with Crippen molar-refractivity contribution in [1.29, 1.82) is 0 Å². The topological polar surface area (TPSA) is 75.7 Å². The van der Waals surface area contributed by atoms with Crippen molar-refractivity contribution in [3.63, 3.8) is 0 Å². The molecule has 1 N–H and O–H groups in total. The van der Waals surface area contributed by atoms with Gasteiger partial charge in [0.1, 0.15) is 11.8 Å². The number of nitrogens with one attached hydrogen (secondary N) is 1. The fraction of sp³-hybridized carbons (Fsp3) is 0.632. The van der Waals surface area contributed by atoms with Gasteiger partial charge in [-0.25, -0.2) is 8.42 Å². The first-order valence-corrected chi connectivity index (χ1v) is 10.7. The fourth-order valence-corrected chi connectivity index (χ4v) is 4.82. The molecule has 1 saturated heterocycles. The predicted octanol–water partition coefficient (Wildman–Crippen LogP) is 2.79. The van der Waals surface area contributed by atoms with Crippen molar-refractivity contribution < 1.29 is 17.9 Å². The van der Waals surface area contributed by atoms with Gasteiger partial charge in [0, 0.05) is 12.6 Å². The summed E-state index contributed by atoms with van der Waals surface area (Å²) in [5, 5.41) is 2.98. The zero-order chi connectivity index (χ0) is 19.3. The molecule has 0 saturated carbocycles. The van der Waals surface area contributed by atoms with Crippen LogP contribution in [0.1, 0.15) is 46.5 Å². The molecule has 7 heteroatoms. The Balaban J connectivity index is 2.09. The smallest absolute Gasteiger partial charge is 0.243 e. The molecule has 1 aromatic rings. The number of amides is 1. The standard InChI is InChI=1S/C19H30N2O4S/c1-14(2)7-8-15(3)20-19(22)18-6-5-13-21(18)26(23,24)17-11-9-16(25-4)10-12-17/h9-12,14-15,18H,5-8,13H2,1-4H3,(H,20,22)/t15-,18+/m0/s1. The van der Waals surface area contributed by atoms with Crippen LogP contribution in [0.15, 0.2) is 29.2 Å². The molecule has 1 amide bonds. The van der Waals surface area contributed by atoms with Crippen molar-refractivity contribution >= 4 is 15.9 Å². The van der Waals surface area contributed by atoms with Gasteiger partial charge in [-0.2, -0.15) is 4.31 Å². The second-order valence-electron chi connectivity index (χ2n) is 7.33. The fourth-order valence-electron chi connectivity index (χ4n) is 3.17. The zero-order valence-electron chi connectivity index (χ0n) is 16.1. The van der Waals surface area contributed by atoms with Gasteiger partial charge in [0.25, 0.3) is 0 Å². The van der Waals surface area contributed by atoms with E-state index in [9.17, 15) is 13.2 Å². The molecule has 1 heterocycles. The maximum atomic E-state index is 13.0. The molecule has 2 atom stereocenters. The first kappa shape index (κ1) is 20.7. The van der Waals surface area contributed by atoms with Crippen LogP contribution < -0.4 is 10.1 Å². The van der Waals surface area contributed by atoms with Crippen LogP contribution in [0.4, 0.5) is 0 Å². The van der Waals surface area contributed by atoms with Gasteiger partial charge in [-0.15, -0.1) is 0 Å². The quantitative estimate of drug-likeness (QED) is 0.750. The summed E-state index contributed by atoms with van der Waals surface area (Å²) in [6, 6.07) is 5.68. The molecule has 2 rings (SSSR count). The molecule has 1 fully saturated rings. The van der Waals surface area contributed by atoms with Gasteiger partial charge in [0.05, 0.1) is 12.0 Å². The summed E-state index contributed by atoms with van der Waals surface area (Å²) in [5.41, 5.74) is 0. The Morgan fingerprint density at radius 3 is 2.46 bits per heavy atom.